The molecule has 0 saturated carbocycles. The molecule has 2 heterocycles. The SMILES string of the molecule is CC(C)CN1CCC2(O)Oc3ccc([N+](=O)[O-])cc3C=C2C1. The molecule has 0 spiro atoms. The summed E-state index contributed by atoms with van der Waals surface area (Å²) in [5.41, 5.74) is 1.45. The molecule has 6 nitrogen and oxygen atoms in total. The lowest BCUT2D eigenvalue weighted by Gasteiger charge is -2.42. The highest BCUT2D eigenvalue weighted by Crippen LogP contribution is 2.40. The van der Waals surface area contributed by atoms with Crippen molar-refractivity contribution in [1.82, 2.24) is 4.90 Å². The highest BCUT2D eigenvalue weighted by atomic mass is 16.6. The van der Waals surface area contributed by atoms with E-state index >= 15 is 0 Å². The number of nitro benzene ring substituents is 1. The number of fused-ring (bicyclic) bond motifs is 2. The molecule has 0 amide bonds. The maximum absolute atomic E-state index is 10.9. The zero-order chi connectivity index (χ0) is 15.9. The zero-order valence-corrected chi connectivity index (χ0v) is 12.8. The lowest BCUT2D eigenvalue weighted by molar-refractivity contribution is -0.384. The molecule has 1 unspecified atom stereocenters. The monoisotopic (exact) mass is 304 g/mol. The largest absolute Gasteiger partial charge is 0.458 e. The summed E-state index contributed by atoms with van der Waals surface area (Å²) in [6.07, 6.45) is 2.33. The molecule has 1 saturated heterocycles. The Morgan fingerprint density at radius 2 is 2.27 bits per heavy atom. The van der Waals surface area contributed by atoms with Gasteiger partial charge in [-0.15, -0.1) is 0 Å². The number of hydrogen-bond donors (Lipinski definition) is 1. The van der Waals surface area contributed by atoms with Gasteiger partial charge in [-0.25, -0.2) is 0 Å². The molecule has 0 bridgehead atoms. The summed E-state index contributed by atoms with van der Waals surface area (Å²) in [4.78, 5) is 12.7. The van der Waals surface area contributed by atoms with Crippen molar-refractivity contribution >= 4 is 11.8 Å². The lowest BCUT2D eigenvalue weighted by Crippen LogP contribution is -2.51. The van der Waals surface area contributed by atoms with E-state index in [0.29, 0.717) is 30.2 Å². The minimum Gasteiger partial charge on any atom is -0.458 e. The van der Waals surface area contributed by atoms with Gasteiger partial charge in [-0.2, -0.15) is 0 Å². The number of aliphatic hydroxyl groups is 1. The van der Waals surface area contributed by atoms with E-state index in [1.165, 1.54) is 12.1 Å². The van der Waals surface area contributed by atoms with Crippen LogP contribution in [-0.2, 0) is 0 Å². The van der Waals surface area contributed by atoms with Crippen molar-refractivity contribution in [3.63, 3.8) is 0 Å². The number of nitrogens with zero attached hydrogens (tertiary/aromatic N) is 2. The molecule has 118 valence electrons. The van der Waals surface area contributed by atoms with E-state index in [4.69, 9.17) is 4.74 Å². The van der Waals surface area contributed by atoms with Gasteiger partial charge in [-0.1, -0.05) is 13.8 Å². The third-order valence-electron chi connectivity index (χ3n) is 4.10. The fourth-order valence-electron chi connectivity index (χ4n) is 3.09. The van der Waals surface area contributed by atoms with E-state index in [2.05, 4.69) is 18.7 Å². The molecule has 6 heteroatoms. The van der Waals surface area contributed by atoms with Gasteiger partial charge < -0.3 is 9.84 Å². The van der Waals surface area contributed by atoms with Crippen LogP contribution in [0.25, 0.3) is 6.08 Å². The van der Waals surface area contributed by atoms with E-state index in [-0.39, 0.29) is 5.69 Å². The molecule has 3 rings (SSSR count). The van der Waals surface area contributed by atoms with Crippen LogP contribution in [0.3, 0.4) is 0 Å². The molecule has 2 aliphatic heterocycles. The molecular formula is C16H20N2O4. The maximum Gasteiger partial charge on any atom is 0.270 e. The Balaban J connectivity index is 1.92. The third kappa shape index (κ3) is 2.71. The van der Waals surface area contributed by atoms with Crippen LogP contribution in [0, 0.1) is 16.0 Å². The third-order valence-corrected chi connectivity index (χ3v) is 4.10. The van der Waals surface area contributed by atoms with Gasteiger partial charge in [0.25, 0.3) is 5.69 Å². The van der Waals surface area contributed by atoms with E-state index < -0.39 is 10.7 Å². The number of nitro groups is 1. The second kappa shape index (κ2) is 5.37. The quantitative estimate of drug-likeness (QED) is 0.685. The van der Waals surface area contributed by atoms with Crippen molar-refractivity contribution in [1.29, 1.82) is 0 Å². The number of piperidine rings is 1. The lowest BCUT2D eigenvalue weighted by atomic mass is 9.91. The fraction of sp³-hybridized carbons (Fsp3) is 0.500. The van der Waals surface area contributed by atoms with Crippen LogP contribution in [0.15, 0.2) is 23.8 Å². The number of likely N-dealkylation sites (tertiary alicyclic amines) is 1. The number of hydrogen-bond acceptors (Lipinski definition) is 5. The Morgan fingerprint density at radius 1 is 1.50 bits per heavy atom. The van der Waals surface area contributed by atoms with Gasteiger partial charge in [-0.3, -0.25) is 15.0 Å². The molecule has 2 aliphatic rings. The number of benzene rings is 1. The average Bonchev–Trinajstić information content (AvgIpc) is 2.44. The van der Waals surface area contributed by atoms with Crippen molar-refractivity contribution in [2.75, 3.05) is 19.6 Å². The standard InChI is InChI=1S/C16H20N2O4/c1-11(2)9-17-6-5-16(19)13(10-17)7-12-8-14(18(20)21)3-4-15(12)22-16/h3-4,7-8,11,19H,5-6,9-10H2,1-2H3. The van der Waals surface area contributed by atoms with Crippen LogP contribution in [0.5, 0.6) is 5.75 Å². The first-order valence-corrected chi connectivity index (χ1v) is 7.50. The molecule has 0 aromatic heterocycles. The Labute approximate surface area is 129 Å². The second-order valence-electron chi connectivity index (χ2n) is 6.41. The first-order valence-electron chi connectivity index (χ1n) is 7.50. The topological polar surface area (TPSA) is 75.8 Å². The minimum absolute atomic E-state index is 0.0273. The van der Waals surface area contributed by atoms with Crippen LogP contribution < -0.4 is 4.74 Å². The summed E-state index contributed by atoms with van der Waals surface area (Å²) in [6, 6.07) is 4.44. The first-order chi connectivity index (χ1) is 10.4. The summed E-state index contributed by atoms with van der Waals surface area (Å²) in [5, 5.41) is 21.6. The van der Waals surface area contributed by atoms with E-state index in [1.54, 1.807) is 6.07 Å². The van der Waals surface area contributed by atoms with Crippen LogP contribution in [0.4, 0.5) is 5.69 Å². The fourth-order valence-corrected chi connectivity index (χ4v) is 3.09. The average molecular weight is 304 g/mol. The van der Waals surface area contributed by atoms with Gasteiger partial charge in [0, 0.05) is 49.3 Å². The van der Waals surface area contributed by atoms with Gasteiger partial charge in [0.05, 0.1) is 4.92 Å². The number of non-ortho nitro benzene ring substituents is 1. The van der Waals surface area contributed by atoms with Gasteiger partial charge in [0.15, 0.2) is 0 Å². The van der Waals surface area contributed by atoms with Crippen molar-refractivity contribution in [2.45, 2.75) is 26.1 Å². The van der Waals surface area contributed by atoms with Crippen LogP contribution in [0.1, 0.15) is 25.8 Å². The van der Waals surface area contributed by atoms with Crippen LogP contribution in [-0.4, -0.2) is 40.4 Å². The van der Waals surface area contributed by atoms with E-state index in [1.807, 2.05) is 6.08 Å². The summed E-state index contributed by atoms with van der Waals surface area (Å²) in [5.74, 6) is -0.241. The Hall–Kier alpha value is -1.92. The Morgan fingerprint density at radius 3 is 2.95 bits per heavy atom. The summed E-state index contributed by atoms with van der Waals surface area (Å²) in [6.45, 7) is 6.66. The number of rotatable bonds is 3. The Bertz CT molecular complexity index is 641. The molecule has 1 N–H and O–H groups in total. The molecule has 1 aromatic rings. The van der Waals surface area contributed by atoms with Crippen molar-refractivity contribution in [2.24, 2.45) is 5.92 Å². The predicted molar refractivity (Wildman–Crippen MR) is 82.5 cm³/mol. The molecule has 1 aromatic carbocycles. The molecule has 22 heavy (non-hydrogen) atoms. The Kier molecular flexibility index (Phi) is 3.66. The summed E-state index contributed by atoms with van der Waals surface area (Å²) in [7, 11) is 0. The van der Waals surface area contributed by atoms with E-state index in [9.17, 15) is 15.2 Å². The highest BCUT2D eigenvalue weighted by Gasteiger charge is 2.42. The smallest absolute Gasteiger partial charge is 0.270 e. The van der Waals surface area contributed by atoms with Gasteiger partial charge in [-0.05, 0) is 18.1 Å². The minimum atomic E-state index is -1.28. The van der Waals surface area contributed by atoms with Crippen LogP contribution in [0.2, 0.25) is 0 Å². The van der Waals surface area contributed by atoms with Crippen molar-refractivity contribution in [3.8, 4) is 5.75 Å². The zero-order valence-electron chi connectivity index (χ0n) is 12.8. The second-order valence-corrected chi connectivity index (χ2v) is 6.41. The molecule has 1 atom stereocenters. The summed E-state index contributed by atoms with van der Waals surface area (Å²) >= 11 is 0. The van der Waals surface area contributed by atoms with Crippen molar-refractivity contribution in [3.05, 3.63) is 39.4 Å². The normalized spacial score (nSPS) is 24.3. The molecule has 1 fully saturated rings. The van der Waals surface area contributed by atoms with Gasteiger partial charge in [0.1, 0.15) is 5.75 Å². The van der Waals surface area contributed by atoms with Crippen molar-refractivity contribution < 1.29 is 14.8 Å². The first kappa shape index (κ1) is 15.0. The predicted octanol–water partition coefficient (Wildman–Crippen LogP) is 2.42. The maximum atomic E-state index is 10.9. The highest BCUT2D eigenvalue weighted by molar-refractivity contribution is 5.67. The van der Waals surface area contributed by atoms with E-state index in [0.717, 1.165) is 18.7 Å². The van der Waals surface area contributed by atoms with Gasteiger partial charge in [0.2, 0.25) is 5.79 Å². The van der Waals surface area contributed by atoms with Gasteiger partial charge >= 0.3 is 0 Å². The molecule has 0 radical (unpaired) electrons. The molecule has 0 aliphatic carbocycles. The summed E-state index contributed by atoms with van der Waals surface area (Å²) < 4.78 is 5.75. The van der Waals surface area contributed by atoms with Crippen LogP contribution >= 0.6 is 0 Å². The number of ether oxygens (including phenoxy) is 1. The molecular weight excluding hydrogens is 284 g/mol.